The molecule has 0 atom stereocenters. The molecule has 2 rings (SSSR count). The normalized spacial score (nSPS) is 10.2. The molecule has 2 aromatic rings. The molecule has 0 aliphatic rings. The fraction of sp³-hybridized carbons (Fsp3) is 0.200. The zero-order valence-electron chi connectivity index (χ0n) is 11.6. The molecular weight excluding hydrogens is 334 g/mol. The van der Waals surface area contributed by atoms with Crippen LogP contribution in [-0.2, 0) is 11.3 Å². The number of benzene rings is 1. The molecule has 0 fully saturated rings. The van der Waals surface area contributed by atoms with Gasteiger partial charge in [0, 0.05) is 17.2 Å². The number of ether oxygens (including phenoxy) is 1. The van der Waals surface area contributed by atoms with E-state index in [9.17, 15) is 4.79 Å². The van der Waals surface area contributed by atoms with Crippen molar-refractivity contribution < 1.29 is 9.53 Å². The van der Waals surface area contributed by atoms with Crippen LogP contribution >= 0.6 is 15.9 Å². The van der Waals surface area contributed by atoms with Crippen LogP contribution in [0.1, 0.15) is 22.8 Å². The van der Waals surface area contributed by atoms with E-state index in [-0.39, 0.29) is 0 Å². The van der Waals surface area contributed by atoms with Crippen LogP contribution in [0, 0.1) is 0 Å². The Kier molecular flexibility index (Phi) is 5.16. The third-order valence-corrected chi connectivity index (χ3v) is 3.33. The highest BCUT2D eigenvalue weighted by atomic mass is 79.9. The van der Waals surface area contributed by atoms with E-state index in [1.54, 1.807) is 13.0 Å². The van der Waals surface area contributed by atoms with Crippen molar-refractivity contribution in [1.82, 2.24) is 4.98 Å². The van der Waals surface area contributed by atoms with Crippen LogP contribution in [0.2, 0.25) is 0 Å². The number of nitrogens with two attached hydrogens (primary N) is 1. The highest BCUT2D eigenvalue weighted by Crippen LogP contribution is 2.22. The summed E-state index contributed by atoms with van der Waals surface area (Å²) in [4.78, 5) is 15.9. The van der Waals surface area contributed by atoms with Crippen LogP contribution in [-0.4, -0.2) is 17.6 Å². The Hall–Kier alpha value is -2.08. The van der Waals surface area contributed by atoms with E-state index in [0.717, 1.165) is 10.0 Å². The number of nitrogens with one attached hydrogen (secondary N) is 1. The third-order valence-electron chi connectivity index (χ3n) is 2.83. The summed E-state index contributed by atoms with van der Waals surface area (Å²) in [6, 6.07) is 9.45. The fourth-order valence-corrected chi connectivity index (χ4v) is 2.28. The topological polar surface area (TPSA) is 77.2 Å². The standard InChI is InChI=1S/C15H16BrN3O2/c1-2-21-15(20)12-6-7-18-14(13(12)17)19-9-10-4-3-5-11(16)8-10/h3-8H,2,9,17H2,1H3,(H,18,19). The number of hydrogen-bond acceptors (Lipinski definition) is 5. The third kappa shape index (κ3) is 3.95. The number of pyridine rings is 1. The first-order valence-electron chi connectivity index (χ1n) is 6.51. The van der Waals surface area contributed by atoms with Gasteiger partial charge in [-0.25, -0.2) is 9.78 Å². The number of esters is 1. The summed E-state index contributed by atoms with van der Waals surface area (Å²) in [7, 11) is 0. The van der Waals surface area contributed by atoms with Gasteiger partial charge in [0.1, 0.15) is 5.82 Å². The van der Waals surface area contributed by atoms with E-state index in [2.05, 4.69) is 26.2 Å². The summed E-state index contributed by atoms with van der Waals surface area (Å²) in [5.74, 6) is 0.0310. The van der Waals surface area contributed by atoms with Crippen molar-refractivity contribution in [3.8, 4) is 0 Å². The molecule has 1 aromatic carbocycles. The average molecular weight is 350 g/mol. The Morgan fingerprint density at radius 3 is 2.95 bits per heavy atom. The molecule has 0 amide bonds. The Morgan fingerprint density at radius 1 is 1.43 bits per heavy atom. The van der Waals surface area contributed by atoms with E-state index in [1.165, 1.54) is 6.20 Å². The lowest BCUT2D eigenvalue weighted by Gasteiger charge is -2.11. The molecule has 0 saturated carbocycles. The highest BCUT2D eigenvalue weighted by Gasteiger charge is 2.14. The van der Waals surface area contributed by atoms with Crippen LogP contribution in [0.15, 0.2) is 41.0 Å². The number of rotatable bonds is 5. The number of carbonyl (C=O) groups is 1. The zero-order valence-corrected chi connectivity index (χ0v) is 13.2. The molecule has 110 valence electrons. The number of carbonyl (C=O) groups excluding carboxylic acids is 1. The summed E-state index contributed by atoms with van der Waals surface area (Å²) in [6.45, 7) is 2.62. The molecule has 0 saturated heterocycles. The predicted octanol–water partition coefficient (Wildman–Crippen LogP) is 3.22. The maximum atomic E-state index is 11.8. The zero-order chi connectivity index (χ0) is 15.2. The largest absolute Gasteiger partial charge is 0.462 e. The monoisotopic (exact) mass is 349 g/mol. The highest BCUT2D eigenvalue weighted by molar-refractivity contribution is 9.10. The summed E-state index contributed by atoms with van der Waals surface area (Å²) >= 11 is 3.42. The maximum Gasteiger partial charge on any atom is 0.340 e. The van der Waals surface area contributed by atoms with Crippen molar-refractivity contribution in [3.63, 3.8) is 0 Å². The molecule has 1 heterocycles. The van der Waals surface area contributed by atoms with E-state index >= 15 is 0 Å². The van der Waals surface area contributed by atoms with Crippen LogP contribution in [0.4, 0.5) is 11.5 Å². The smallest absolute Gasteiger partial charge is 0.340 e. The second-order valence-electron chi connectivity index (χ2n) is 4.32. The van der Waals surface area contributed by atoms with Crippen molar-refractivity contribution in [2.24, 2.45) is 0 Å². The quantitative estimate of drug-likeness (QED) is 0.810. The molecule has 1 aromatic heterocycles. The molecule has 21 heavy (non-hydrogen) atoms. The number of halogens is 1. The molecule has 0 aliphatic carbocycles. The lowest BCUT2D eigenvalue weighted by molar-refractivity contribution is 0.0527. The Labute approximate surface area is 131 Å². The minimum absolute atomic E-state index is 0.297. The molecule has 0 radical (unpaired) electrons. The van der Waals surface area contributed by atoms with Gasteiger partial charge in [-0.05, 0) is 30.7 Å². The van der Waals surface area contributed by atoms with Gasteiger partial charge in [-0.3, -0.25) is 0 Å². The van der Waals surface area contributed by atoms with E-state index < -0.39 is 5.97 Å². The van der Waals surface area contributed by atoms with Gasteiger partial charge in [0.2, 0.25) is 0 Å². The van der Waals surface area contributed by atoms with Gasteiger partial charge in [-0.2, -0.15) is 0 Å². The first-order chi connectivity index (χ1) is 10.1. The van der Waals surface area contributed by atoms with Crippen LogP contribution in [0.5, 0.6) is 0 Å². The summed E-state index contributed by atoms with van der Waals surface area (Å²) < 4.78 is 5.96. The average Bonchev–Trinajstić information content (AvgIpc) is 2.46. The second kappa shape index (κ2) is 7.08. The van der Waals surface area contributed by atoms with Crippen molar-refractivity contribution in [2.75, 3.05) is 17.7 Å². The number of hydrogen-bond donors (Lipinski definition) is 2. The summed E-state index contributed by atoms with van der Waals surface area (Å²) in [5, 5.41) is 3.13. The van der Waals surface area contributed by atoms with Gasteiger partial charge in [0.15, 0.2) is 0 Å². The molecule has 0 bridgehead atoms. The van der Waals surface area contributed by atoms with Crippen LogP contribution in [0.3, 0.4) is 0 Å². The summed E-state index contributed by atoms with van der Waals surface area (Å²) in [6.07, 6.45) is 1.53. The van der Waals surface area contributed by atoms with E-state index in [1.807, 2.05) is 24.3 Å². The maximum absolute atomic E-state index is 11.8. The lowest BCUT2D eigenvalue weighted by Crippen LogP contribution is -2.12. The molecule has 0 aliphatic heterocycles. The van der Waals surface area contributed by atoms with Gasteiger partial charge >= 0.3 is 5.97 Å². The SMILES string of the molecule is CCOC(=O)c1ccnc(NCc2cccc(Br)c2)c1N. The Bertz CT molecular complexity index is 647. The number of anilines is 2. The van der Waals surface area contributed by atoms with Crippen molar-refractivity contribution in [1.29, 1.82) is 0 Å². The minimum atomic E-state index is -0.442. The predicted molar refractivity (Wildman–Crippen MR) is 86.1 cm³/mol. The van der Waals surface area contributed by atoms with E-state index in [0.29, 0.717) is 30.2 Å². The number of nitrogens with zero attached hydrogens (tertiary/aromatic N) is 1. The van der Waals surface area contributed by atoms with Gasteiger partial charge in [0.05, 0.1) is 17.9 Å². The molecule has 5 nitrogen and oxygen atoms in total. The first kappa shape index (κ1) is 15.3. The van der Waals surface area contributed by atoms with Crippen LogP contribution in [0.25, 0.3) is 0 Å². The molecular formula is C15H16BrN3O2. The molecule has 0 unspecified atom stereocenters. The van der Waals surface area contributed by atoms with Gasteiger partial charge < -0.3 is 15.8 Å². The van der Waals surface area contributed by atoms with E-state index in [4.69, 9.17) is 10.5 Å². The van der Waals surface area contributed by atoms with Crippen molar-refractivity contribution in [3.05, 3.63) is 52.1 Å². The molecule has 3 N–H and O–H groups in total. The molecule has 6 heteroatoms. The second-order valence-corrected chi connectivity index (χ2v) is 5.24. The Morgan fingerprint density at radius 2 is 2.24 bits per heavy atom. The molecule has 0 spiro atoms. The van der Waals surface area contributed by atoms with Gasteiger partial charge in [-0.15, -0.1) is 0 Å². The number of aromatic nitrogens is 1. The Balaban J connectivity index is 2.13. The van der Waals surface area contributed by atoms with Gasteiger partial charge in [-0.1, -0.05) is 28.1 Å². The lowest BCUT2D eigenvalue weighted by atomic mass is 10.2. The fourth-order valence-electron chi connectivity index (χ4n) is 1.83. The van der Waals surface area contributed by atoms with Crippen molar-refractivity contribution in [2.45, 2.75) is 13.5 Å². The number of nitrogen functional groups attached to an aromatic ring is 1. The minimum Gasteiger partial charge on any atom is -0.462 e. The van der Waals surface area contributed by atoms with Crippen LogP contribution < -0.4 is 11.1 Å². The van der Waals surface area contributed by atoms with Gasteiger partial charge in [0.25, 0.3) is 0 Å². The first-order valence-corrected chi connectivity index (χ1v) is 7.31. The van der Waals surface area contributed by atoms with Crippen molar-refractivity contribution >= 4 is 33.4 Å². The summed E-state index contributed by atoms with van der Waals surface area (Å²) in [5.41, 5.74) is 7.67.